The fraction of sp³-hybridized carbons (Fsp3) is 0.143. The standard InChI is InChI=1S/C4H4O2.C3H4N2O.H4N2.H2O/c1-3-4(5)6-2;6-3-1-2-4-5-3;1-2;/h1H,2H3;1-2H,(H2,4,5,6);1-2H2;1H2. The number of aromatic amines is 2. The van der Waals surface area contributed by atoms with E-state index in [2.05, 4.69) is 33.0 Å². The molecule has 8 heteroatoms. The third kappa shape index (κ3) is 14.7. The summed E-state index contributed by atoms with van der Waals surface area (Å²) in [5.41, 5.74) is -0.0880. The van der Waals surface area contributed by atoms with E-state index >= 15 is 0 Å². The van der Waals surface area contributed by atoms with E-state index in [-0.39, 0.29) is 11.0 Å². The van der Waals surface area contributed by atoms with Crippen molar-refractivity contribution < 1.29 is 15.0 Å². The van der Waals surface area contributed by atoms with Crippen molar-refractivity contribution in [1.82, 2.24) is 10.2 Å². The number of esters is 1. The number of nitrogens with one attached hydrogen (secondary N) is 2. The molecule has 1 aromatic heterocycles. The molecule has 0 fully saturated rings. The minimum absolute atomic E-state index is 0. The van der Waals surface area contributed by atoms with Gasteiger partial charge in [-0.15, -0.1) is 6.42 Å². The van der Waals surface area contributed by atoms with Crippen molar-refractivity contribution in [3.8, 4) is 12.3 Å². The first kappa shape index (κ1) is 18.7. The molecule has 0 aliphatic carbocycles. The maximum atomic E-state index is 9.98. The lowest BCUT2D eigenvalue weighted by Crippen LogP contribution is -2.02. The van der Waals surface area contributed by atoms with Crippen LogP contribution in [0.3, 0.4) is 0 Å². The molecule has 0 aromatic carbocycles. The van der Waals surface area contributed by atoms with E-state index in [1.54, 1.807) is 12.1 Å². The summed E-state index contributed by atoms with van der Waals surface area (Å²) in [5.74, 6) is 9.12. The normalized spacial score (nSPS) is 6.27. The number of nitrogens with two attached hydrogens (primary N) is 2. The summed E-state index contributed by atoms with van der Waals surface area (Å²) >= 11 is 0. The van der Waals surface area contributed by atoms with E-state index in [0.717, 1.165) is 0 Å². The molecule has 0 unspecified atom stereocenters. The molecule has 0 amide bonds. The molecule has 0 atom stereocenters. The van der Waals surface area contributed by atoms with Crippen LogP contribution in [0.15, 0.2) is 17.1 Å². The first-order valence-electron chi connectivity index (χ1n) is 3.30. The maximum Gasteiger partial charge on any atom is 0.383 e. The predicted molar refractivity (Wildman–Crippen MR) is 54.3 cm³/mol. The number of hydrogen-bond acceptors (Lipinski definition) is 5. The van der Waals surface area contributed by atoms with Gasteiger partial charge in [-0.1, -0.05) is 0 Å². The van der Waals surface area contributed by atoms with Crippen molar-refractivity contribution in [3.63, 3.8) is 0 Å². The Labute approximate surface area is 85.9 Å². The average Bonchev–Trinajstić information content (AvgIpc) is 2.72. The highest BCUT2D eigenvalue weighted by Crippen LogP contribution is 1.61. The maximum absolute atomic E-state index is 9.98. The van der Waals surface area contributed by atoms with Gasteiger partial charge in [0.25, 0.3) is 5.56 Å². The van der Waals surface area contributed by atoms with Gasteiger partial charge in [-0.2, -0.15) is 0 Å². The zero-order chi connectivity index (χ0) is 11.4. The summed E-state index contributed by atoms with van der Waals surface area (Å²) < 4.78 is 4.02. The van der Waals surface area contributed by atoms with Crippen molar-refractivity contribution in [1.29, 1.82) is 0 Å². The largest absolute Gasteiger partial charge is 0.459 e. The predicted octanol–water partition coefficient (Wildman–Crippen LogP) is -2.51. The molecule has 0 saturated heterocycles. The lowest BCUT2D eigenvalue weighted by Gasteiger charge is -1.80. The molecule has 0 spiro atoms. The topological polar surface area (TPSA) is 158 Å². The molecule has 0 bridgehead atoms. The van der Waals surface area contributed by atoms with Crippen LogP contribution in [0.2, 0.25) is 0 Å². The van der Waals surface area contributed by atoms with E-state index in [1.807, 2.05) is 0 Å². The fourth-order valence-corrected chi connectivity index (χ4v) is 0.331. The summed E-state index contributed by atoms with van der Waals surface area (Å²) in [5, 5.41) is 4.81. The summed E-state index contributed by atoms with van der Waals surface area (Å²) in [4.78, 5) is 19.7. The van der Waals surface area contributed by atoms with Crippen LogP contribution in [-0.4, -0.2) is 28.8 Å². The zero-order valence-electron chi connectivity index (χ0n) is 8.11. The van der Waals surface area contributed by atoms with Crippen LogP contribution in [0, 0.1) is 12.3 Å². The zero-order valence-corrected chi connectivity index (χ0v) is 8.11. The van der Waals surface area contributed by atoms with Crippen molar-refractivity contribution in [2.45, 2.75) is 0 Å². The lowest BCUT2D eigenvalue weighted by molar-refractivity contribution is -0.133. The smallest absolute Gasteiger partial charge is 0.383 e. The summed E-state index contributed by atoms with van der Waals surface area (Å²) in [7, 11) is 1.24. The quantitative estimate of drug-likeness (QED) is 0.124. The molecule has 0 radical (unpaired) electrons. The highest BCUT2D eigenvalue weighted by atomic mass is 16.5. The molecule has 1 heterocycles. The van der Waals surface area contributed by atoms with E-state index in [9.17, 15) is 9.59 Å². The molecule has 0 aliphatic rings. The number of aromatic nitrogens is 2. The highest BCUT2D eigenvalue weighted by Gasteiger charge is 1.82. The number of hydrazine groups is 1. The first-order valence-corrected chi connectivity index (χ1v) is 3.30. The third-order valence-corrected chi connectivity index (χ3v) is 0.817. The van der Waals surface area contributed by atoms with Crippen LogP contribution in [0.1, 0.15) is 0 Å². The number of H-pyrrole nitrogens is 2. The van der Waals surface area contributed by atoms with Crippen molar-refractivity contribution in [2.24, 2.45) is 11.7 Å². The van der Waals surface area contributed by atoms with Crippen LogP contribution in [0.25, 0.3) is 0 Å². The molecule has 1 aromatic rings. The number of terminal acetylenes is 1. The number of ether oxygens (including phenoxy) is 1. The van der Waals surface area contributed by atoms with Gasteiger partial charge in [0.15, 0.2) is 0 Å². The third-order valence-electron chi connectivity index (χ3n) is 0.817. The molecule has 0 saturated carbocycles. The van der Waals surface area contributed by atoms with Crippen molar-refractivity contribution >= 4 is 5.97 Å². The summed E-state index contributed by atoms with van der Waals surface area (Å²) in [6.45, 7) is 0. The Balaban J connectivity index is -0.000000156. The van der Waals surface area contributed by atoms with Gasteiger partial charge in [0, 0.05) is 18.2 Å². The monoisotopic (exact) mass is 218 g/mol. The van der Waals surface area contributed by atoms with E-state index in [0.29, 0.717) is 0 Å². The van der Waals surface area contributed by atoms with E-state index in [1.165, 1.54) is 13.2 Å². The second-order valence-corrected chi connectivity index (χ2v) is 1.60. The first-order chi connectivity index (χ1) is 6.70. The van der Waals surface area contributed by atoms with Crippen LogP contribution in [0.5, 0.6) is 0 Å². The van der Waals surface area contributed by atoms with Gasteiger partial charge in [0.2, 0.25) is 0 Å². The van der Waals surface area contributed by atoms with Gasteiger partial charge in [-0.3, -0.25) is 21.6 Å². The Kier molecular flexibility index (Phi) is 18.0. The Morgan fingerprint density at radius 3 is 2.20 bits per heavy atom. The minimum atomic E-state index is -0.630. The van der Waals surface area contributed by atoms with Crippen LogP contribution >= 0.6 is 0 Å². The number of hydrogen-bond donors (Lipinski definition) is 4. The number of methoxy groups -OCH3 is 1. The van der Waals surface area contributed by atoms with Gasteiger partial charge in [0.1, 0.15) is 0 Å². The minimum Gasteiger partial charge on any atom is -0.459 e. The molecule has 0 aliphatic heterocycles. The molecule has 1 rings (SSSR count). The van der Waals surface area contributed by atoms with Crippen molar-refractivity contribution in [2.75, 3.05) is 7.11 Å². The van der Waals surface area contributed by atoms with Crippen LogP contribution in [0.4, 0.5) is 0 Å². The summed E-state index contributed by atoms with van der Waals surface area (Å²) in [6, 6.07) is 1.42. The second-order valence-electron chi connectivity index (χ2n) is 1.60. The molecular weight excluding hydrogens is 204 g/mol. The Morgan fingerprint density at radius 2 is 2.13 bits per heavy atom. The highest BCUT2D eigenvalue weighted by molar-refractivity contribution is 5.87. The van der Waals surface area contributed by atoms with E-state index in [4.69, 9.17) is 0 Å². The number of carbonyl (C=O) groups is 1. The molecule has 15 heavy (non-hydrogen) atoms. The van der Waals surface area contributed by atoms with Gasteiger partial charge in [-0.05, 0) is 0 Å². The van der Waals surface area contributed by atoms with Gasteiger partial charge in [-0.25, -0.2) is 4.79 Å². The Hall–Kier alpha value is -2.08. The Bertz CT molecular complexity index is 307. The summed E-state index contributed by atoms with van der Waals surface area (Å²) in [6.07, 6.45) is 6.10. The molecule has 8 N–H and O–H groups in total. The van der Waals surface area contributed by atoms with Gasteiger partial charge < -0.3 is 15.3 Å². The fourth-order valence-electron chi connectivity index (χ4n) is 0.331. The van der Waals surface area contributed by atoms with Gasteiger partial charge >= 0.3 is 5.97 Å². The lowest BCUT2D eigenvalue weighted by atomic mass is 10.7. The van der Waals surface area contributed by atoms with Crippen LogP contribution in [-0.2, 0) is 9.53 Å². The second kappa shape index (κ2) is 14.4. The number of carbonyl (C=O) groups excluding carboxylic acids is 1. The van der Waals surface area contributed by atoms with Crippen molar-refractivity contribution in [3.05, 3.63) is 22.6 Å². The molecule has 86 valence electrons. The van der Waals surface area contributed by atoms with Crippen LogP contribution < -0.4 is 17.2 Å². The van der Waals surface area contributed by atoms with E-state index < -0.39 is 5.97 Å². The van der Waals surface area contributed by atoms with Gasteiger partial charge in [0.05, 0.1) is 7.11 Å². The molecular formula is C7H14N4O4. The Morgan fingerprint density at radius 1 is 1.60 bits per heavy atom. The SMILES string of the molecule is C#CC(=O)OC.NN.O.O=c1cc[nH][nH]1. The average molecular weight is 218 g/mol. The molecule has 8 nitrogen and oxygen atoms in total. The number of rotatable bonds is 0.